The van der Waals surface area contributed by atoms with E-state index in [1.54, 1.807) is 30.7 Å². The van der Waals surface area contributed by atoms with Crippen LogP contribution in [0.2, 0.25) is 0 Å². The van der Waals surface area contributed by atoms with Crippen LogP contribution in [-0.2, 0) is 0 Å². The molecule has 1 N–H and O–H groups in total. The van der Waals surface area contributed by atoms with Crippen molar-refractivity contribution >= 4 is 33.3 Å². The van der Waals surface area contributed by atoms with Crippen LogP contribution in [0.5, 0.6) is 0 Å². The minimum Gasteiger partial charge on any atom is -0.463 e. The first kappa shape index (κ1) is 16.5. The number of para-hydroxylation sites is 1. The van der Waals surface area contributed by atoms with E-state index >= 15 is 0 Å². The maximum atomic E-state index is 12.7. The van der Waals surface area contributed by atoms with Gasteiger partial charge in [0.25, 0.3) is 5.91 Å². The van der Waals surface area contributed by atoms with Gasteiger partial charge in [-0.05, 0) is 36.4 Å². The summed E-state index contributed by atoms with van der Waals surface area (Å²) < 4.78 is 11.0. The van der Waals surface area contributed by atoms with Crippen LogP contribution in [0.3, 0.4) is 0 Å². The highest BCUT2D eigenvalue weighted by molar-refractivity contribution is 7.19. The topological polar surface area (TPSA) is 81.2 Å². The number of fused-ring (bicyclic) bond motifs is 1. The van der Waals surface area contributed by atoms with Gasteiger partial charge in [-0.3, -0.25) is 10.1 Å². The van der Waals surface area contributed by atoms with Crippen LogP contribution in [0, 0.1) is 0 Å². The fourth-order valence-electron chi connectivity index (χ4n) is 2.88. The minimum absolute atomic E-state index is 0.323. The Bertz CT molecular complexity index is 1210. The second-order valence-electron chi connectivity index (χ2n) is 5.99. The number of carbonyl (C=O) groups excluding carboxylic acids is 1. The number of aromatic nitrogens is 2. The number of carbonyl (C=O) groups is 1. The summed E-state index contributed by atoms with van der Waals surface area (Å²) in [5.41, 5.74) is 1.71. The predicted octanol–water partition coefficient (Wildman–Crippen LogP) is 5.46. The van der Waals surface area contributed by atoms with E-state index in [1.165, 1.54) is 11.3 Å². The lowest BCUT2D eigenvalue weighted by Crippen LogP contribution is -2.13. The van der Waals surface area contributed by atoms with Crippen LogP contribution < -0.4 is 5.32 Å². The monoisotopic (exact) mass is 387 g/mol. The maximum absolute atomic E-state index is 12.7. The van der Waals surface area contributed by atoms with E-state index in [0.717, 1.165) is 15.8 Å². The standard InChI is InChI=1S/C21H13N3O3S/c25-20(15-10-9-13-5-1-2-6-14(13)22-15)24-21-23-18(16-7-3-11-26-16)19(28-21)17-8-4-12-27-17/h1-12H,(H,23,24,25). The van der Waals surface area contributed by atoms with Crippen molar-refractivity contribution in [3.8, 4) is 22.1 Å². The van der Waals surface area contributed by atoms with Crippen LogP contribution in [-0.4, -0.2) is 15.9 Å². The summed E-state index contributed by atoms with van der Waals surface area (Å²) in [6.45, 7) is 0. The Morgan fingerprint density at radius 2 is 1.64 bits per heavy atom. The van der Waals surface area contributed by atoms with Crippen LogP contribution in [0.15, 0.2) is 82.0 Å². The van der Waals surface area contributed by atoms with E-state index in [-0.39, 0.29) is 5.91 Å². The molecule has 0 bridgehead atoms. The third kappa shape index (κ3) is 2.97. The Morgan fingerprint density at radius 1 is 0.857 bits per heavy atom. The lowest BCUT2D eigenvalue weighted by Gasteiger charge is -2.02. The molecule has 7 heteroatoms. The van der Waals surface area contributed by atoms with Gasteiger partial charge >= 0.3 is 0 Å². The first-order chi connectivity index (χ1) is 13.8. The lowest BCUT2D eigenvalue weighted by atomic mass is 10.2. The molecule has 5 rings (SSSR count). The molecule has 0 spiro atoms. The van der Waals surface area contributed by atoms with Crippen LogP contribution in [0.4, 0.5) is 5.13 Å². The first-order valence-corrected chi connectivity index (χ1v) is 9.35. The Balaban J connectivity index is 1.49. The molecule has 4 heterocycles. The van der Waals surface area contributed by atoms with Crippen LogP contribution in [0.1, 0.15) is 10.5 Å². The molecule has 0 unspecified atom stereocenters. The molecule has 4 aromatic heterocycles. The van der Waals surface area contributed by atoms with E-state index in [1.807, 2.05) is 42.5 Å². The molecular weight excluding hydrogens is 374 g/mol. The number of hydrogen-bond acceptors (Lipinski definition) is 6. The molecule has 6 nitrogen and oxygen atoms in total. The number of nitrogens with one attached hydrogen (secondary N) is 1. The second kappa shape index (κ2) is 6.79. The quantitative estimate of drug-likeness (QED) is 0.443. The molecule has 0 aliphatic rings. The van der Waals surface area contributed by atoms with Crippen molar-refractivity contribution in [2.45, 2.75) is 0 Å². The van der Waals surface area contributed by atoms with E-state index < -0.39 is 0 Å². The van der Waals surface area contributed by atoms with E-state index in [2.05, 4.69) is 15.3 Å². The smallest absolute Gasteiger partial charge is 0.276 e. The summed E-state index contributed by atoms with van der Waals surface area (Å²) in [5, 5.41) is 4.25. The summed E-state index contributed by atoms with van der Waals surface area (Å²) >= 11 is 1.32. The van der Waals surface area contributed by atoms with Gasteiger partial charge < -0.3 is 8.83 Å². The number of rotatable bonds is 4. The fourth-order valence-corrected chi connectivity index (χ4v) is 3.82. The highest BCUT2D eigenvalue weighted by Crippen LogP contribution is 2.39. The third-order valence-electron chi connectivity index (χ3n) is 4.18. The summed E-state index contributed by atoms with van der Waals surface area (Å²) in [5.74, 6) is 0.941. The Morgan fingerprint density at radius 3 is 2.43 bits per heavy atom. The van der Waals surface area contributed by atoms with Crippen LogP contribution in [0.25, 0.3) is 33.0 Å². The molecule has 28 heavy (non-hydrogen) atoms. The zero-order chi connectivity index (χ0) is 18.9. The van der Waals surface area contributed by atoms with Crippen molar-refractivity contribution in [3.63, 3.8) is 0 Å². The molecule has 0 aliphatic heterocycles. The van der Waals surface area contributed by atoms with Gasteiger partial charge in [-0.1, -0.05) is 35.6 Å². The molecule has 1 aromatic carbocycles. The number of thiazole rings is 1. The Kier molecular flexibility index (Phi) is 3.99. The summed E-state index contributed by atoms with van der Waals surface area (Å²) in [6, 6.07) is 18.5. The van der Waals surface area contributed by atoms with Gasteiger partial charge in [0.1, 0.15) is 22.0 Å². The highest BCUT2D eigenvalue weighted by Gasteiger charge is 2.20. The maximum Gasteiger partial charge on any atom is 0.276 e. The molecule has 1 amide bonds. The number of amides is 1. The van der Waals surface area contributed by atoms with Gasteiger partial charge in [-0.15, -0.1) is 0 Å². The van der Waals surface area contributed by atoms with Gasteiger partial charge in [-0.2, -0.15) is 0 Å². The number of benzene rings is 1. The average Bonchev–Trinajstić information content (AvgIpc) is 3.47. The van der Waals surface area contributed by atoms with Gasteiger partial charge in [0.05, 0.1) is 18.0 Å². The fraction of sp³-hybridized carbons (Fsp3) is 0. The van der Waals surface area contributed by atoms with E-state index in [0.29, 0.717) is 28.0 Å². The second-order valence-corrected chi connectivity index (χ2v) is 6.99. The Hall–Kier alpha value is -3.71. The van der Waals surface area contributed by atoms with Crippen LogP contribution >= 0.6 is 11.3 Å². The van der Waals surface area contributed by atoms with Crippen molar-refractivity contribution in [1.29, 1.82) is 0 Å². The number of pyridine rings is 1. The normalized spacial score (nSPS) is 11.0. The third-order valence-corrected chi connectivity index (χ3v) is 5.16. The zero-order valence-electron chi connectivity index (χ0n) is 14.5. The largest absolute Gasteiger partial charge is 0.463 e. The van der Waals surface area contributed by atoms with E-state index in [9.17, 15) is 4.79 Å². The molecule has 0 saturated heterocycles. The lowest BCUT2D eigenvalue weighted by molar-refractivity contribution is 0.102. The molecule has 0 fully saturated rings. The average molecular weight is 387 g/mol. The minimum atomic E-state index is -0.323. The van der Waals surface area contributed by atoms with Crippen molar-refractivity contribution in [2.75, 3.05) is 5.32 Å². The molecule has 0 atom stereocenters. The van der Waals surface area contributed by atoms with Gasteiger partial charge in [0.15, 0.2) is 10.9 Å². The first-order valence-electron chi connectivity index (χ1n) is 8.54. The summed E-state index contributed by atoms with van der Waals surface area (Å²) in [6.07, 6.45) is 3.18. The SMILES string of the molecule is O=C(Nc1nc(-c2ccco2)c(-c2ccco2)s1)c1ccc2ccccc2n1. The Labute approximate surface area is 163 Å². The number of nitrogens with zero attached hydrogens (tertiary/aromatic N) is 2. The van der Waals surface area contributed by atoms with Gasteiger partial charge in [-0.25, -0.2) is 9.97 Å². The van der Waals surface area contributed by atoms with E-state index in [4.69, 9.17) is 8.83 Å². The summed E-state index contributed by atoms with van der Waals surface area (Å²) in [7, 11) is 0. The molecular formula is C21H13N3O3S. The zero-order valence-corrected chi connectivity index (χ0v) is 15.3. The van der Waals surface area contributed by atoms with Gasteiger partial charge in [0.2, 0.25) is 0 Å². The summed E-state index contributed by atoms with van der Waals surface area (Å²) in [4.78, 5) is 22.4. The van der Waals surface area contributed by atoms with Gasteiger partial charge in [0, 0.05) is 5.39 Å². The number of hydrogen-bond donors (Lipinski definition) is 1. The molecule has 0 saturated carbocycles. The molecule has 136 valence electrons. The number of anilines is 1. The molecule has 5 aromatic rings. The highest BCUT2D eigenvalue weighted by atomic mass is 32.1. The van der Waals surface area contributed by atoms with Crippen molar-refractivity contribution in [3.05, 3.63) is 78.9 Å². The van der Waals surface area contributed by atoms with Crippen molar-refractivity contribution in [1.82, 2.24) is 9.97 Å². The number of furan rings is 2. The molecule has 0 radical (unpaired) electrons. The van der Waals surface area contributed by atoms with Crippen molar-refractivity contribution in [2.24, 2.45) is 0 Å². The predicted molar refractivity (Wildman–Crippen MR) is 107 cm³/mol. The molecule has 0 aliphatic carbocycles. The van der Waals surface area contributed by atoms with Crippen molar-refractivity contribution < 1.29 is 13.6 Å².